The molecule has 1 heterocycles. The number of aryl methyl sites for hydroxylation is 1. The van der Waals surface area contributed by atoms with E-state index in [1.807, 2.05) is 26.4 Å². The highest BCUT2D eigenvalue weighted by molar-refractivity contribution is 7.13. The molecule has 8 heteroatoms. The van der Waals surface area contributed by atoms with Gasteiger partial charge in [-0.3, -0.25) is 9.59 Å². The molecule has 0 saturated carbocycles. The molecule has 2 rings (SSSR count). The summed E-state index contributed by atoms with van der Waals surface area (Å²) in [6.07, 6.45) is 2.84. The maximum atomic E-state index is 13.1. The van der Waals surface area contributed by atoms with Gasteiger partial charge in [0.2, 0.25) is 5.91 Å². The molecule has 0 atom stereocenters. The Morgan fingerprint density at radius 3 is 2.47 bits per heavy atom. The first-order chi connectivity index (χ1) is 14.4. The number of nitrogens with zero attached hydrogens (tertiary/aromatic N) is 3. The van der Waals surface area contributed by atoms with Crippen molar-refractivity contribution in [3.8, 4) is 5.75 Å². The molecule has 1 N–H and O–H groups in total. The number of hydrogen-bond donors (Lipinski definition) is 1. The van der Waals surface area contributed by atoms with E-state index >= 15 is 0 Å². The fourth-order valence-corrected chi connectivity index (χ4v) is 3.49. The number of amides is 2. The zero-order chi connectivity index (χ0) is 21.9. The van der Waals surface area contributed by atoms with E-state index in [0.717, 1.165) is 37.3 Å². The first-order valence-corrected chi connectivity index (χ1v) is 11.2. The van der Waals surface area contributed by atoms with Gasteiger partial charge in [0.05, 0.1) is 12.3 Å². The predicted octanol–water partition coefficient (Wildman–Crippen LogP) is 3.66. The Labute approximate surface area is 183 Å². The Morgan fingerprint density at radius 1 is 1.13 bits per heavy atom. The molecule has 1 aromatic carbocycles. The third-order valence-electron chi connectivity index (χ3n) is 4.39. The maximum absolute atomic E-state index is 13.1. The van der Waals surface area contributed by atoms with Crippen LogP contribution in [0.25, 0.3) is 0 Å². The van der Waals surface area contributed by atoms with Crippen molar-refractivity contribution >= 4 is 28.3 Å². The summed E-state index contributed by atoms with van der Waals surface area (Å²) in [7, 11) is 3.97. The largest absolute Gasteiger partial charge is 0.494 e. The third-order valence-corrected chi connectivity index (χ3v) is 5.26. The van der Waals surface area contributed by atoms with Gasteiger partial charge >= 0.3 is 0 Å². The molecular formula is C22H32N4O3S. The fraction of sp³-hybridized carbons (Fsp3) is 0.500. The Hall–Kier alpha value is -2.45. The van der Waals surface area contributed by atoms with Crippen LogP contribution in [0, 0.1) is 6.92 Å². The van der Waals surface area contributed by atoms with Crippen molar-refractivity contribution in [1.29, 1.82) is 0 Å². The van der Waals surface area contributed by atoms with Crippen molar-refractivity contribution in [1.82, 2.24) is 14.8 Å². The number of unbranched alkanes of at least 4 members (excludes halogenated alkanes) is 1. The molecule has 0 radical (unpaired) electrons. The Morgan fingerprint density at radius 2 is 1.87 bits per heavy atom. The van der Waals surface area contributed by atoms with E-state index < -0.39 is 0 Å². The lowest BCUT2D eigenvalue weighted by atomic mass is 10.2. The minimum absolute atomic E-state index is 0.0142. The minimum Gasteiger partial charge on any atom is -0.494 e. The number of nitrogens with one attached hydrogen (secondary N) is 1. The number of thiazole rings is 1. The number of carbonyl (C=O) groups is 2. The first kappa shape index (κ1) is 23.8. The van der Waals surface area contributed by atoms with Crippen molar-refractivity contribution in [2.75, 3.05) is 45.7 Å². The molecule has 0 saturated heterocycles. The van der Waals surface area contributed by atoms with E-state index in [9.17, 15) is 9.59 Å². The lowest BCUT2D eigenvalue weighted by Gasteiger charge is -2.23. The van der Waals surface area contributed by atoms with Crippen LogP contribution in [0.2, 0.25) is 0 Å². The highest BCUT2D eigenvalue weighted by atomic mass is 32.1. The van der Waals surface area contributed by atoms with E-state index in [1.54, 1.807) is 29.2 Å². The molecule has 0 aliphatic rings. The monoisotopic (exact) mass is 432 g/mol. The average molecular weight is 433 g/mol. The summed E-state index contributed by atoms with van der Waals surface area (Å²) in [5, 5.41) is 5.20. The summed E-state index contributed by atoms with van der Waals surface area (Å²) >= 11 is 1.37. The second-order valence-corrected chi connectivity index (χ2v) is 8.31. The highest BCUT2D eigenvalue weighted by Gasteiger charge is 2.19. The van der Waals surface area contributed by atoms with Gasteiger partial charge in [-0.05, 0) is 64.7 Å². The van der Waals surface area contributed by atoms with Crippen molar-refractivity contribution in [3.63, 3.8) is 0 Å². The van der Waals surface area contributed by atoms with Gasteiger partial charge in [0.25, 0.3) is 5.91 Å². The second-order valence-electron chi connectivity index (χ2n) is 7.45. The molecule has 0 spiro atoms. The third kappa shape index (κ3) is 8.12. The van der Waals surface area contributed by atoms with Crippen LogP contribution in [0.15, 0.2) is 29.6 Å². The molecule has 2 aromatic rings. The lowest BCUT2D eigenvalue weighted by molar-refractivity contribution is -0.116. The van der Waals surface area contributed by atoms with Gasteiger partial charge < -0.3 is 19.9 Å². The van der Waals surface area contributed by atoms with Gasteiger partial charge in [0.15, 0.2) is 5.13 Å². The molecule has 2 amide bonds. The zero-order valence-electron chi connectivity index (χ0n) is 18.3. The fourth-order valence-electron chi connectivity index (χ4n) is 2.78. The standard InChI is InChI=1S/C22H32N4O3S/c1-5-6-14-29-19-10-8-18(9-11-19)21(28)26(13-7-12-25(3)4)15-20(27)24-22-23-17(2)16-30-22/h8-11,16H,5-7,12-15H2,1-4H3,(H,23,24,27). The number of benzene rings is 1. The molecule has 0 aliphatic heterocycles. The summed E-state index contributed by atoms with van der Waals surface area (Å²) in [4.78, 5) is 33.5. The molecule has 0 bridgehead atoms. The maximum Gasteiger partial charge on any atom is 0.254 e. The molecule has 0 fully saturated rings. The minimum atomic E-state index is -0.248. The van der Waals surface area contributed by atoms with Gasteiger partial charge in [-0.25, -0.2) is 4.98 Å². The van der Waals surface area contributed by atoms with Crippen molar-refractivity contribution in [3.05, 3.63) is 40.9 Å². The van der Waals surface area contributed by atoms with Crippen LogP contribution in [0.3, 0.4) is 0 Å². The molecule has 1 aromatic heterocycles. The summed E-state index contributed by atoms with van der Waals surface area (Å²) in [6, 6.07) is 7.12. The summed E-state index contributed by atoms with van der Waals surface area (Å²) < 4.78 is 5.67. The quantitative estimate of drug-likeness (QED) is 0.518. The SMILES string of the molecule is CCCCOc1ccc(C(=O)N(CCCN(C)C)CC(=O)Nc2nc(C)cs2)cc1. The average Bonchev–Trinajstić information content (AvgIpc) is 3.11. The van der Waals surface area contributed by atoms with E-state index in [4.69, 9.17) is 4.74 Å². The van der Waals surface area contributed by atoms with Crippen LogP contribution in [-0.2, 0) is 4.79 Å². The number of ether oxygens (including phenoxy) is 1. The van der Waals surface area contributed by atoms with E-state index in [2.05, 4.69) is 22.1 Å². The van der Waals surface area contributed by atoms with E-state index in [-0.39, 0.29) is 18.4 Å². The summed E-state index contributed by atoms with van der Waals surface area (Å²) in [5.41, 5.74) is 1.40. The van der Waals surface area contributed by atoms with Gasteiger partial charge in [-0.1, -0.05) is 13.3 Å². The first-order valence-electron chi connectivity index (χ1n) is 10.3. The lowest BCUT2D eigenvalue weighted by Crippen LogP contribution is -2.39. The Kier molecular flexibility index (Phi) is 9.76. The summed E-state index contributed by atoms with van der Waals surface area (Å²) in [5.74, 6) is 0.331. The van der Waals surface area contributed by atoms with E-state index in [0.29, 0.717) is 23.8 Å². The van der Waals surface area contributed by atoms with Gasteiger partial charge in [-0.15, -0.1) is 11.3 Å². The Balaban J connectivity index is 2.02. The second kappa shape index (κ2) is 12.3. The normalized spacial score (nSPS) is 10.8. The topological polar surface area (TPSA) is 74.8 Å². The molecule has 30 heavy (non-hydrogen) atoms. The number of aromatic nitrogens is 1. The molecule has 0 aliphatic carbocycles. The van der Waals surface area contributed by atoms with Crippen molar-refractivity contribution in [2.24, 2.45) is 0 Å². The zero-order valence-corrected chi connectivity index (χ0v) is 19.1. The van der Waals surface area contributed by atoms with Gasteiger partial charge in [0.1, 0.15) is 12.3 Å². The van der Waals surface area contributed by atoms with Crippen LogP contribution >= 0.6 is 11.3 Å². The summed E-state index contributed by atoms with van der Waals surface area (Å²) in [6.45, 7) is 5.97. The van der Waals surface area contributed by atoms with Gasteiger partial charge in [0, 0.05) is 17.5 Å². The number of rotatable bonds is 12. The number of carbonyl (C=O) groups excluding carboxylic acids is 2. The van der Waals surface area contributed by atoms with Crippen LogP contribution in [0.1, 0.15) is 42.2 Å². The van der Waals surface area contributed by atoms with Crippen LogP contribution < -0.4 is 10.1 Å². The molecule has 164 valence electrons. The van der Waals surface area contributed by atoms with Crippen molar-refractivity contribution in [2.45, 2.75) is 33.1 Å². The van der Waals surface area contributed by atoms with Crippen LogP contribution in [0.4, 0.5) is 5.13 Å². The molecular weight excluding hydrogens is 400 g/mol. The predicted molar refractivity (Wildman–Crippen MR) is 121 cm³/mol. The van der Waals surface area contributed by atoms with Crippen LogP contribution in [0.5, 0.6) is 5.75 Å². The molecule has 7 nitrogen and oxygen atoms in total. The number of hydrogen-bond acceptors (Lipinski definition) is 6. The Bertz CT molecular complexity index is 805. The number of anilines is 1. The smallest absolute Gasteiger partial charge is 0.254 e. The highest BCUT2D eigenvalue weighted by Crippen LogP contribution is 2.16. The van der Waals surface area contributed by atoms with Crippen molar-refractivity contribution < 1.29 is 14.3 Å². The molecule has 0 unspecified atom stereocenters. The van der Waals surface area contributed by atoms with Crippen LogP contribution in [-0.4, -0.2) is 66.9 Å². The van der Waals surface area contributed by atoms with E-state index in [1.165, 1.54) is 11.3 Å². The van der Waals surface area contributed by atoms with Gasteiger partial charge in [-0.2, -0.15) is 0 Å².